The maximum absolute atomic E-state index is 12.8. The fraction of sp³-hybridized carbons (Fsp3) is 0.440. The third kappa shape index (κ3) is 5.57. The Labute approximate surface area is 184 Å². The molecule has 0 spiro atoms. The zero-order chi connectivity index (χ0) is 21.5. The van der Waals surface area contributed by atoms with E-state index in [-0.39, 0.29) is 5.91 Å². The number of likely N-dealkylation sites (tertiary alicyclic amines) is 1. The van der Waals surface area contributed by atoms with Crippen molar-refractivity contribution in [1.29, 1.82) is 0 Å². The number of fused-ring (bicyclic) bond motifs is 1. The largest absolute Gasteiger partial charge is 0.493 e. The van der Waals surface area contributed by atoms with Crippen molar-refractivity contribution in [2.24, 2.45) is 4.99 Å². The van der Waals surface area contributed by atoms with E-state index in [2.05, 4.69) is 33.8 Å². The van der Waals surface area contributed by atoms with Crippen LogP contribution < -0.4 is 15.4 Å². The molecule has 6 nitrogen and oxygen atoms in total. The third-order valence-corrected chi connectivity index (χ3v) is 5.96. The Morgan fingerprint density at radius 1 is 1.06 bits per heavy atom. The van der Waals surface area contributed by atoms with Crippen LogP contribution in [0.2, 0.25) is 0 Å². The first-order valence-corrected chi connectivity index (χ1v) is 11.3. The molecule has 0 aliphatic carbocycles. The second-order valence-electron chi connectivity index (χ2n) is 8.20. The fourth-order valence-corrected chi connectivity index (χ4v) is 4.22. The van der Waals surface area contributed by atoms with Gasteiger partial charge < -0.3 is 20.3 Å². The van der Waals surface area contributed by atoms with Crippen molar-refractivity contribution in [2.75, 3.05) is 33.3 Å². The first-order chi connectivity index (χ1) is 15.2. The Morgan fingerprint density at radius 3 is 2.77 bits per heavy atom. The number of aliphatic imine (C=N–C) groups is 1. The Hall–Kier alpha value is -3.02. The van der Waals surface area contributed by atoms with Crippen LogP contribution in [0.4, 0.5) is 0 Å². The van der Waals surface area contributed by atoms with E-state index in [1.165, 1.54) is 17.5 Å². The number of carbonyl (C=O) groups is 1. The molecule has 6 heteroatoms. The number of carbonyl (C=O) groups excluding carboxylic acids is 1. The maximum Gasteiger partial charge on any atom is 0.253 e. The van der Waals surface area contributed by atoms with Gasteiger partial charge in [0.1, 0.15) is 5.75 Å². The number of rotatable bonds is 6. The van der Waals surface area contributed by atoms with E-state index in [4.69, 9.17) is 4.74 Å². The van der Waals surface area contributed by atoms with Crippen LogP contribution in [-0.4, -0.2) is 50.1 Å². The molecule has 0 radical (unpaired) electrons. The van der Waals surface area contributed by atoms with Crippen LogP contribution in [-0.2, 0) is 19.4 Å². The van der Waals surface area contributed by atoms with Gasteiger partial charge in [-0.2, -0.15) is 0 Å². The molecule has 1 fully saturated rings. The van der Waals surface area contributed by atoms with Crippen molar-refractivity contribution < 1.29 is 9.53 Å². The summed E-state index contributed by atoms with van der Waals surface area (Å²) >= 11 is 0. The van der Waals surface area contributed by atoms with Crippen molar-refractivity contribution >= 4 is 11.9 Å². The van der Waals surface area contributed by atoms with Crippen LogP contribution in [0.5, 0.6) is 5.75 Å². The number of ether oxygens (including phenoxy) is 1. The summed E-state index contributed by atoms with van der Waals surface area (Å²) < 4.78 is 5.58. The summed E-state index contributed by atoms with van der Waals surface area (Å²) in [5, 5.41) is 6.73. The summed E-state index contributed by atoms with van der Waals surface area (Å²) in [6.45, 7) is 3.95. The third-order valence-electron chi connectivity index (χ3n) is 5.96. The molecule has 0 bridgehead atoms. The second kappa shape index (κ2) is 10.3. The Kier molecular flexibility index (Phi) is 7.07. The standard InChI is InChI=1S/C25H32N4O2/c1-26-25(27-12-10-19-8-9-23-21(16-19)11-15-31-23)28-18-20-6-5-7-22(17-20)24(30)29-13-3-2-4-14-29/h5-9,16-17H,2-4,10-15,18H2,1H3,(H2,26,27,28). The van der Waals surface area contributed by atoms with E-state index in [9.17, 15) is 4.79 Å². The minimum atomic E-state index is 0.142. The molecule has 2 aliphatic heterocycles. The molecule has 164 valence electrons. The molecule has 2 aliphatic rings. The summed E-state index contributed by atoms with van der Waals surface area (Å²) in [6, 6.07) is 14.3. The molecular weight excluding hydrogens is 388 g/mol. The van der Waals surface area contributed by atoms with Gasteiger partial charge in [-0.05, 0) is 60.6 Å². The minimum Gasteiger partial charge on any atom is -0.493 e. The number of benzene rings is 2. The number of amides is 1. The Balaban J connectivity index is 1.26. The van der Waals surface area contributed by atoms with E-state index in [1.54, 1.807) is 7.05 Å². The molecule has 0 unspecified atom stereocenters. The van der Waals surface area contributed by atoms with Crippen molar-refractivity contribution in [2.45, 2.75) is 38.6 Å². The summed E-state index contributed by atoms with van der Waals surface area (Å²) in [5.74, 6) is 1.93. The molecular formula is C25H32N4O2. The van der Waals surface area contributed by atoms with E-state index >= 15 is 0 Å². The number of hydrogen-bond acceptors (Lipinski definition) is 3. The lowest BCUT2D eigenvalue weighted by Crippen LogP contribution is -2.38. The number of nitrogens with one attached hydrogen (secondary N) is 2. The average Bonchev–Trinajstić information content (AvgIpc) is 3.29. The Morgan fingerprint density at radius 2 is 1.94 bits per heavy atom. The van der Waals surface area contributed by atoms with Crippen LogP contribution in [0.3, 0.4) is 0 Å². The predicted molar refractivity (Wildman–Crippen MR) is 124 cm³/mol. The minimum absolute atomic E-state index is 0.142. The molecule has 2 aromatic carbocycles. The molecule has 2 aromatic rings. The lowest BCUT2D eigenvalue weighted by molar-refractivity contribution is 0.0724. The van der Waals surface area contributed by atoms with Gasteiger partial charge in [-0.1, -0.05) is 24.3 Å². The van der Waals surface area contributed by atoms with E-state index in [0.717, 1.165) is 74.8 Å². The maximum atomic E-state index is 12.8. The smallest absolute Gasteiger partial charge is 0.253 e. The van der Waals surface area contributed by atoms with Crippen molar-refractivity contribution in [3.05, 3.63) is 64.7 Å². The fourth-order valence-electron chi connectivity index (χ4n) is 4.22. The number of nitrogens with zero attached hydrogens (tertiary/aromatic N) is 2. The summed E-state index contributed by atoms with van der Waals surface area (Å²) in [7, 11) is 1.78. The first-order valence-electron chi connectivity index (χ1n) is 11.3. The monoisotopic (exact) mass is 420 g/mol. The lowest BCUT2D eigenvalue weighted by atomic mass is 10.1. The van der Waals surface area contributed by atoms with Crippen LogP contribution in [0.25, 0.3) is 0 Å². The van der Waals surface area contributed by atoms with Gasteiger partial charge in [0.2, 0.25) is 0 Å². The van der Waals surface area contributed by atoms with Gasteiger partial charge in [0.15, 0.2) is 5.96 Å². The van der Waals surface area contributed by atoms with E-state index in [1.807, 2.05) is 29.2 Å². The topological polar surface area (TPSA) is 66.0 Å². The van der Waals surface area contributed by atoms with Gasteiger partial charge in [-0.25, -0.2) is 0 Å². The summed E-state index contributed by atoms with van der Waals surface area (Å²) in [6.07, 6.45) is 5.36. The van der Waals surface area contributed by atoms with Crippen LogP contribution in [0.15, 0.2) is 47.5 Å². The molecule has 2 heterocycles. The second-order valence-corrected chi connectivity index (χ2v) is 8.20. The molecule has 4 rings (SSSR count). The molecule has 0 saturated carbocycles. The normalized spacial score (nSPS) is 15.9. The zero-order valence-corrected chi connectivity index (χ0v) is 18.3. The molecule has 2 N–H and O–H groups in total. The highest BCUT2D eigenvalue weighted by Gasteiger charge is 2.18. The molecule has 1 saturated heterocycles. The van der Waals surface area contributed by atoms with E-state index < -0.39 is 0 Å². The van der Waals surface area contributed by atoms with Gasteiger partial charge >= 0.3 is 0 Å². The van der Waals surface area contributed by atoms with Gasteiger partial charge in [0.25, 0.3) is 5.91 Å². The number of hydrogen-bond donors (Lipinski definition) is 2. The molecule has 1 amide bonds. The van der Waals surface area contributed by atoms with Crippen LogP contribution >= 0.6 is 0 Å². The van der Waals surface area contributed by atoms with Crippen LogP contribution in [0, 0.1) is 0 Å². The predicted octanol–water partition coefficient (Wildman–Crippen LogP) is 3.16. The highest BCUT2D eigenvalue weighted by molar-refractivity contribution is 5.94. The van der Waals surface area contributed by atoms with Crippen LogP contribution in [0.1, 0.15) is 46.3 Å². The zero-order valence-electron chi connectivity index (χ0n) is 18.3. The SMILES string of the molecule is CN=C(NCCc1ccc2c(c1)CCO2)NCc1cccc(C(=O)N2CCCCC2)c1. The van der Waals surface area contributed by atoms with Crippen molar-refractivity contribution in [3.63, 3.8) is 0 Å². The summed E-state index contributed by atoms with van der Waals surface area (Å²) in [5.41, 5.74) is 4.45. The molecule has 31 heavy (non-hydrogen) atoms. The van der Waals surface area contributed by atoms with Crippen molar-refractivity contribution in [3.8, 4) is 5.75 Å². The number of guanidine groups is 1. The average molecular weight is 421 g/mol. The van der Waals surface area contributed by atoms with Gasteiger partial charge in [0, 0.05) is 45.2 Å². The number of piperidine rings is 1. The quantitative estimate of drug-likeness (QED) is 0.557. The highest BCUT2D eigenvalue weighted by atomic mass is 16.5. The van der Waals surface area contributed by atoms with Gasteiger partial charge in [0.05, 0.1) is 6.61 Å². The Bertz CT molecular complexity index is 935. The molecule has 0 aromatic heterocycles. The highest BCUT2D eigenvalue weighted by Crippen LogP contribution is 2.25. The summed E-state index contributed by atoms with van der Waals surface area (Å²) in [4.78, 5) is 19.1. The lowest BCUT2D eigenvalue weighted by Gasteiger charge is -2.26. The van der Waals surface area contributed by atoms with E-state index in [0.29, 0.717) is 6.54 Å². The van der Waals surface area contributed by atoms with Crippen molar-refractivity contribution in [1.82, 2.24) is 15.5 Å². The molecule has 0 atom stereocenters. The van der Waals surface area contributed by atoms with Gasteiger partial charge in [-0.3, -0.25) is 9.79 Å². The first kappa shape index (κ1) is 21.2. The van der Waals surface area contributed by atoms with Gasteiger partial charge in [-0.15, -0.1) is 0 Å².